The Hall–Kier alpha value is -1.32. The van der Waals surface area contributed by atoms with Gasteiger partial charge in [0, 0.05) is 6.54 Å². The molecule has 0 spiro atoms. The van der Waals surface area contributed by atoms with E-state index in [1.165, 1.54) is 11.0 Å². The summed E-state index contributed by atoms with van der Waals surface area (Å²) in [4.78, 5) is 22.9. The van der Waals surface area contributed by atoms with Crippen molar-refractivity contribution < 1.29 is 9.59 Å². The fraction of sp³-hybridized carbons (Fsp3) is 0.429. The maximum absolute atomic E-state index is 10.9. The van der Waals surface area contributed by atoms with Crippen LogP contribution in [0.3, 0.4) is 0 Å². The molecule has 2 N–H and O–H groups in total. The lowest BCUT2D eigenvalue weighted by Crippen LogP contribution is -2.56. The highest BCUT2D eigenvalue weighted by Gasteiger charge is 2.34. The van der Waals surface area contributed by atoms with Gasteiger partial charge in [0.05, 0.1) is 0 Å². The average molecular weight is 154 g/mol. The Bertz CT molecular complexity index is 212. The van der Waals surface area contributed by atoms with Crippen molar-refractivity contribution in [1.82, 2.24) is 4.90 Å². The van der Waals surface area contributed by atoms with E-state index in [2.05, 4.69) is 6.58 Å². The number of hydrogen-bond acceptors (Lipinski definition) is 2. The zero-order valence-corrected chi connectivity index (χ0v) is 6.12. The van der Waals surface area contributed by atoms with Crippen molar-refractivity contribution in [2.45, 2.75) is 12.5 Å². The fourth-order valence-electron chi connectivity index (χ4n) is 1.06. The lowest BCUT2D eigenvalue weighted by Gasteiger charge is -2.37. The van der Waals surface area contributed by atoms with Crippen LogP contribution in [0.2, 0.25) is 0 Å². The van der Waals surface area contributed by atoms with Gasteiger partial charge in [0.25, 0.3) is 0 Å². The zero-order chi connectivity index (χ0) is 8.43. The van der Waals surface area contributed by atoms with Crippen LogP contribution in [-0.4, -0.2) is 29.3 Å². The lowest BCUT2D eigenvalue weighted by atomic mass is 10.0. The first-order valence-electron chi connectivity index (χ1n) is 3.39. The van der Waals surface area contributed by atoms with E-state index in [1.54, 1.807) is 0 Å². The van der Waals surface area contributed by atoms with Crippen molar-refractivity contribution in [2.24, 2.45) is 5.73 Å². The lowest BCUT2D eigenvalue weighted by molar-refractivity contribution is -0.142. The summed E-state index contributed by atoms with van der Waals surface area (Å²) >= 11 is 0. The van der Waals surface area contributed by atoms with Gasteiger partial charge >= 0.3 is 0 Å². The minimum atomic E-state index is -0.438. The van der Waals surface area contributed by atoms with E-state index in [0.29, 0.717) is 13.0 Å². The number of nitrogens with two attached hydrogens (primary N) is 1. The molecule has 1 heterocycles. The smallest absolute Gasteiger partial charge is 0.246 e. The van der Waals surface area contributed by atoms with Crippen LogP contribution in [0.15, 0.2) is 12.7 Å². The minimum Gasteiger partial charge on any atom is -0.368 e. The molecule has 0 saturated carbocycles. The molecule has 1 fully saturated rings. The molecule has 1 rings (SSSR count). The monoisotopic (exact) mass is 154 g/mol. The molecule has 4 nitrogen and oxygen atoms in total. The molecule has 1 atom stereocenters. The first-order chi connectivity index (χ1) is 5.16. The van der Waals surface area contributed by atoms with Crippen LogP contribution >= 0.6 is 0 Å². The summed E-state index contributed by atoms with van der Waals surface area (Å²) in [6.45, 7) is 3.92. The van der Waals surface area contributed by atoms with Crippen LogP contribution in [0, 0.1) is 0 Å². The Kier molecular flexibility index (Phi) is 1.94. The topological polar surface area (TPSA) is 63.4 Å². The van der Waals surface area contributed by atoms with E-state index in [0.717, 1.165) is 0 Å². The molecule has 0 radical (unpaired) electrons. The largest absolute Gasteiger partial charge is 0.368 e. The number of hydrogen-bond donors (Lipinski definition) is 1. The second-order valence-electron chi connectivity index (χ2n) is 2.44. The molecular weight excluding hydrogens is 144 g/mol. The number of likely N-dealkylation sites (tertiary alicyclic amines) is 1. The maximum Gasteiger partial charge on any atom is 0.246 e. The Morgan fingerprint density at radius 1 is 1.64 bits per heavy atom. The van der Waals surface area contributed by atoms with Crippen molar-refractivity contribution in [3.05, 3.63) is 12.7 Å². The van der Waals surface area contributed by atoms with E-state index in [-0.39, 0.29) is 5.91 Å². The van der Waals surface area contributed by atoms with Gasteiger partial charge in [0.2, 0.25) is 11.8 Å². The summed E-state index contributed by atoms with van der Waals surface area (Å²) in [5.41, 5.74) is 5.01. The molecule has 1 aliphatic rings. The second-order valence-corrected chi connectivity index (χ2v) is 2.44. The molecule has 11 heavy (non-hydrogen) atoms. The zero-order valence-electron chi connectivity index (χ0n) is 6.12. The molecule has 4 heteroatoms. The Morgan fingerprint density at radius 2 is 2.27 bits per heavy atom. The highest BCUT2D eigenvalue weighted by Crippen LogP contribution is 2.16. The summed E-state index contributed by atoms with van der Waals surface area (Å²) in [7, 11) is 0. The van der Waals surface area contributed by atoms with Crippen molar-refractivity contribution in [2.75, 3.05) is 6.54 Å². The summed E-state index contributed by atoms with van der Waals surface area (Å²) < 4.78 is 0. The van der Waals surface area contributed by atoms with Crippen molar-refractivity contribution in [3.8, 4) is 0 Å². The third-order valence-electron chi connectivity index (χ3n) is 1.81. The van der Waals surface area contributed by atoms with Gasteiger partial charge in [0.1, 0.15) is 6.04 Å². The standard InChI is InChI=1S/C7H10N2O2/c1-2-6(10)9-4-3-5(9)7(8)11/h2,5H,1,3-4H2,(H2,8,11). The van der Waals surface area contributed by atoms with E-state index in [4.69, 9.17) is 5.73 Å². The van der Waals surface area contributed by atoms with Gasteiger partial charge in [-0.05, 0) is 12.5 Å². The third-order valence-corrected chi connectivity index (χ3v) is 1.81. The predicted molar refractivity (Wildman–Crippen MR) is 39.5 cm³/mol. The van der Waals surface area contributed by atoms with Crippen LogP contribution in [0.25, 0.3) is 0 Å². The molecule has 60 valence electrons. The highest BCUT2D eigenvalue weighted by atomic mass is 16.2. The first kappa shape index (κ1) is 7.78. The molecule has 0 aromatic rings. The fourth-order valence-corrected chi connectivity index (χ4v) is 1.06. The number of nitrogens with zero attached hydrogens (tertiary/aromatic N) is 1. The molecule has 1 aliphatic heterocycles. The number of primary amides is 1. The predicted octanol–water partition coefficient (Wildman–Crippen LogP) is -0.741. The number of carbonyl (C=O) groups is 2. The molecule has 0 aromatic carbocycles. The van der Waals surface area contributed by atoms with Gasteiger partial charge < -0.3 is 10.6 Å². The van der Waals surface area contributed by atoms with Crippen LogP contribution in [0.5, 0.6) is 0 Å². The van der Waals surface area contributed by atoms with Crippen LogP contribution in [-0.2, 0) is 9.59 Å². The van der Waals surface area contributed by atoms with Gasteiger partial charge in [-0.3, -0.25) is 9.59 Å². The Balaban J connectivity index is 2.56. The van der Waals surface area contributed by atoms with Crippen molar-refractivity contribution >= 4 is 11.8 Å². The first-order valence-corrected chi connectivity index (χ1v) is 3.39. The highest BCUT2D eigenvalue weighted by molar-refractivity contribution is 5.93. The molecule has 2 amide bonds. The summed E-state index contributed by atoms with van der Waals surface area (Å²) in [5.74, 6) is -0.661. The summed E-state index contributed by atoms with van der Waals surface area (Å²) in [6, 6.07) is -0.402. The molecule has 1 unspecified atom stereocenters. The molecular formula is C7H10N2O2. The average Bonchev–Trinajstić information content (AvgIpc) is 1.83. The molecule has 0 aliphatic carbocycles. The molecule has 1 saturated heterocycles. The molecule has 0 bridgehead atoms. The van der Waals surface area contributed by atoms with Gasteiger partial charge in [-0.15, -0.1) is 0 Å². The van der Waals surface area contributed by atoms with Crippen LogP contribution in [0.1, 0.15) is 6.42 Å². The van der Waals surface area contributed by atoms with Gasteiger partial charge in [-0.2, -0.15) is 0 Å². The maximum atomic E-state index is 10.9. The summed E-state index contributed by atoms with van der Waals surface area (Å²) in [6.07, 6.45) is 1.87. The molecule has 0 aromatic heterocycles. The van der Waals surface area contributed by atoms with E-state index in [1.807, 2.05) is 0 Å². The van der Waals surface area contributed by atoms with Crippen molar-refractivity contribution in [3.63, 3.8) is 0 Å². The SMILES string of the molecule is C=CC(=O)N1CCC1C(N)=O. The van der Waals surface area contributed by atoms with E-state index in [9.17, 15) is 9.59 Å². The van der Waals surface area contributed by atoms with E-state index < -0.39 is 11.9 Å². The normalized spacial score (nSPS) is 22.2. The van der Waals surface area contributed by atoms with Crippen LogP contribution < -0.4 is 5.73 Å². The Morgan fingerprint density at radius 3 is 2.55 bits per heavy atom. The van der Waals surface area contributed by atoms with Gasteiger partial charge in [-0.1, -0.05) is 6.58 Å². The number of amides is 2. The van der Waals surface area contributed by atoms with E-state index >= 15 is 0 Å². The quantitative estimate of drug-likeness (QED) is 0.532. The number of rotatable bonds is 2. The third kappa shape index (κ3) is 1.24. The number of carbonyl (C=O) groups excluding carboxylic acids is 2. The van der Waals surface area contributed by atoms with Crippen molar-refractivity contribution in [1.29, 1.82) is 0 Å². The van der Waals surface area contributed by atoms with Gasteiger partial charge in [-0.25, -0.2) is 0 Å². The minimum absolute atomic E-state index is 0.222. The second kappa shape index (κ2) is 2.74. The van der Waals surface area contributed by atoms with Crippen LogP contribution in [0.4, 0.5) is 0 Å². The Labute approximate surface area is 64.7 Å². The summed E-state index contributed by atoms with van der Waals surface area (Å²) in [5, 5.41) is 0. The van der Waals surface area contributed by atoms with Gasteiger partial charge in [0.15, 0.2) is 0 Å².